The van der Waals surface area contributed by atoms with Gasteiger partial charge in [-0.05, 0) is 12.1 Å². The van der Waals surface area contributed by atoms with Crippen LogP contribution in [0.1, 0.15) is 0 Å². The van der Waals surface area contributed by atoms with Crippen LogP contribution in [-0.2, 0) is 4.79 Å². The molecule has 4 aromatic rings. The largest absolute Gasteiger partial charge is 0.497 e. The second-order valence-corrected chi connectivity index (χ2v) is 7.45. The molecule has 0 saturated heterocycles. The van der Waals surface area contributed by atoms with Crippen molar-refractivity contribution in [3.05, 3.63) is 67.1 Å². The van der Waals surface area contributed by atoms with E-state index < -0.39 is 0 Å². The number of hydrogen-bond acceptors (Lipinski definition) is 8. The molecule has 0 aliphatic carbocycles. The van der Waals surface area contributed by atoms with Gasteiger partial charge in [0.15, 0.2) is 11.0 Å². The number of amides is 1. The number of nitrogens with one attached hydrogen (secondary N) is 1. The lowest BCUT2D eigenvalue weighted by molar-refractivity contribution is -0.113. The van der Waals surface area contributed by atoms with Crippen molar-refractivity contribution >= 4 is 23.4 Å². The SMILES string of the molecule is COc1cc(NC(=O)CSc2nnc(-c3cnccn3)n2-c2ccccc2)cc(OC)c1. The molecule has 0 saturated carbocycles. The summed E-state index contributed by atoms with van der Waals surface area (Å²) in [6, 6.07) is 14.8. The molecule has 2 aromatic heterocycles. The van der Waals surface area contributed by atoms with Crippen LogP contribution >= 0.6 is 11.8 Å². The van der Waals surface area contributed by atoms with E-state index in [0.29, 0.717) is 33.9 Å². The van der Waals surface area contributed by atoms with Crippen LogP contribution in [0.4, 0.5) is 5.69 Å². The quantitative estimate of drug-likeness (QED) is 0.409. The number of rotatable bonds is 8. The highest BCUT2D eigenvalue weighted by Crippen LogP contribution is 2.28. The number of hydrogen-bond donors (Lipinski definition) is 1. The van der Waals surface area contributed by atoms with Crippen molar-refractivity contribution in [1.29, 1.82) is 0 Å². The van der Waals surface area contributed by atoms with E-state index in [2.05, 4.69) is 25.5 Å². The van der Waals surface area contributed by atoms with Crippen LogP contribution in [0.25, 0.3) is 17.2 Å². The molecule has 0 aliphatic rings. The topological polar surface area (TPSA) is 104 Å². The van der Waals surface area contributed by atoms with Crippen molar-refractivity contribution in [1.82, 2.24) is 24.7 Å². The van der Waals surface area contributed by atoms with E-state index >= 15 is 0 Å². The molecule has 2 heterocycles. The van der Waals surface area contributed by atoms with E-state index in [0.717, 1.165) is 5.69 Å². The Morgan fingerprint density at radius 2 is 1.78 bits per heavy atom. The van der Waals surface area contributed by atoms with Crippen molar-refractivity contribution in [2.45, 2.75) is 5.16 Å². The average molecular weight is 449 g/mol. The summed E-state index contributed by atoms with van der Waals surface area (Å²) < 4.78 is 12.4. The maximum absolute atomic E-state index is 12.6. The highest BCUT2D eigenvalue weighted by molar-refractivity contribution is 7.99. The van der Waals surface area contributed by atoms with E-state index in [4.69, 9.17) is 9.47 Å². The molecule has 32 heavy (non-hydrogen) atoms. The number of thioether (sulfide) groups is 1. The summed E-state index contributed by atoms with van der Waals surface area (Å²) in [6.45, 7) is 0. The molecule has 1 N–H and O–H groups in total. The molecule has 2 aromatic carbocycles. The summed E-state index contributed by atoms with van der Waals surface area (Å²) in [6.07, 6.45) is 4.82. The lowest BCUT2D eigenvalue weighted by Crippen LogP contribution is -2.14. The van der Waals surface area contributed by atoms with E-state index in [9.17, 15) is 4.79 Å². The minimum absolute atomic E-state index is 0.130. The van der Waals surface area contributed by atoms with Gasteiger partial charge in [-0.2, -0.15) is 0 Å². The van der Waals surface area contributed by atoms with Crippen LogP contribution in [0.2, 0.25) is 0 Å². The summed E-state index contributed by atoms with van der Waals surface area (Å²) in [4.78, 5) is 21.1. The summed E-state index contributed by atoms with van der Waals surface area (Å²) in [7, 11) is 3.11. The Morgan fingerprint density at radius 3 is 2.44 bits per heavy atom. The van der Waals surface area contributed by atoms with E-state index in [1.165, 1.54) is 11.8 Å². The molecule has 162 valence electrons. The van der Waals surface area contributed by atoms with Crippen molar-refractivity contribution in [2.24, 2.45) is 0 Å². The van der Waals surface area contributed by atoms with E-state index in [1.807, 2.05) is 34.9 Å². The van der Waals surface area contributed by atoms with Crippen LogP contribution in [0, 0.1) is 0 Å². The Kier molecular flexibility index (Phi) is 6.61. The number of ether oxygens (including phenoxy) is 2. The molecule has 10 heteroatoms. The predicted octanol–water partition coefficient (Wildman–Crippen LogP) is 3.47. The number of anilines is 1. The van der Waals surface area contributed by atoms with Gasteiger partial charge in [0.2, 0.25) is 5.91 Å². The first kappa shape index (κ1) is 21.3. The molecule has 0 fully saturated rings. The summed E-state index contributed by atoms with van der Waals surface area (Å²) in [5, 5.41) is 12.0. The third-order valence-electron chi connectivity index (χ3n) is 4.41. The molecule has 4 rings (SSSR count). The number of aromatic nitrogens is 5. The van der Waals surface area contributed by atoms with Gasteiger partial charge in [-0.15, -0.1) is 10.2 Å². The summed E-state index contributed by atoms with van der Waals surface area (Å²) in [5.74, 6) is 1.65. The Morgan fingerprint density at radius 1 is 1.03 bits per heavy atom. The number of carbonyl (C=O) groups excluding carboxylic acids is 1. The molecule has 9 nitrogen and oxygen atoms in total. The Balaban J connectivity index is 1.55. The Bertz CT molecular complexity index is 1180. The third kappa shape index (κ3) is 4.86. The first-order chi connectivity index (χ1) is 15.7. The molecule has 0 bridgehead atoms. The molecule has 1 amide bonds. The lowest BCUT2D eigenvalue weighted by atomic mass is 10.2. The van der Waals surface area contributed by atoms with Gasteiger partial charge in [0, 0.05) is 42.0 Å². The average Bonchev–Trinajstić information content (AvgIpc) is 3.27. The zero-order valence-corrected chi connectivity index (χ0v) is 18.2. The number of methoxy groups -OCH3 is 2. The fraction of sp³-hybridized carbons (Fsp3) is 0.136. The maximum Gasteiger partial charge on any atom is 0.234 e. The monoisotopic (exact) mass is 448 g/mol. The second kappa shape index (κ2) is 9.92. The van der Waals surface area contributed by atoms with Crippen LogP contribution in [0.3, 0.4) is 0 Å². The fourth-order valence-electron chi connectivity index (χ4n) is 2.96. The highest BCUT2D eigenvalue weighted by Gasteiger charge is 2.18. The zero-order chi connectivity index (χ0) is 22.3. The molecular formula is C22H20N6O3S. The van der Waals surface area contributed by atoms with Gasteiger partial charge in [0.1, 0.15) is 17.2 Å². The van der Waals surface area contributed by atoms with Crippen LogP contribution in [0.5, 0.6) is 11.5 Å². The van der Waals surface area contributed by atoms with Gasteiger partial charge < -0.3 is 14.8 Å². The van der Waals surface area contributed by atoms with Crippen LogP contribution in [0.15, 0.2) is 72.3 Å². The molecule has 0 atom stereocenters. The van der Waals surface area contributed by atoms with Crippen molar-refractivity contribution in [3.63, 3.8) is 0 Å². The van der Waals surface area contributed by atoms with Crippen LogP contribution in [-0.4, -0.2) is 50.6 Å². The predicted molar refractivity (Wildman–Crippen MR) is 121 cm³/mol. The van der Waals surface area contributed by atoms with E-state index in [-0.39, 0.29) is 11.7 Å². The minimum Gasteiger partial charge on any atom is -0.497 e. The van der Waals surface area contributed by atoms with Gasteiger partial charge in [0.05, 0.1) is 26.2 Å². The van der Waals surface area contributed by atoms with Gasteiger partial charge in [-0.3, -0.25) is 14.3 Å². The molecular weight excluding hydrogens is 428 g/mol. The summed E-state index contributed by atoms with van der Waals surface area (Å²) in [5.41, 5.74) is 2.03. The lowest BCUT2D eigenvalue weighted by Gasteiger charge is -2.11. The first-order valence-electron chi connectivity index (χ1n) is 9.61. The van der Waals surface area contributed by atoms with E-state index in [1.54, 1.807) is 51.0 Å². The smallest absolute Gasteiger partial charge is 0.234 e. The van der Waals surface area contributed by atoms with Gasteiger partial charge >= 0.3 is 0 Å². The summed E-state index contributed by atoms with van der Waals surface area (Å²) >= 11 is 1.27. The van der Waals surface area contributed by atoms with Gasteiger partial charge in [0.25, 0.3) is 0 Å². The Hall–Kier alpha value is -3.92. The molecule has 0 spiro atoms. The number of carbonyl (C=O) groups is 1. The fourth-order valence-corrected chi connectivity index (χ4v) is 3.71. The molecule has 0 radical (unpaired) electrons. The number of para-hydroxylation sites is 1. The van der Waals surface area contributed by atoms with Crippen molar-refractivity contribution < 1.29 is 14.3 Å². The zero-order valence-electron chi connectivity index (χ0n) is 17.4. The number of benzene rings is 2. The van der Waals surface area contributed by atoms with Crippen molar-refractivity contribution in [2.75, 3.05) is 25.3 Å². The third-order valence-corrected chi connectivity index (χ3v) is 5.34. The van der Waals surface area contributed by atoms with Crippen molar-refractivity contribution in [3.8, 4) is 28.7 Å². The second-order valence-electron chi connectivity index (χ2n) is 6.51. The standard InChI is InChI=1S/C22H20N6O3S/c1-30-17-10-15(11-18(12-17)31-2)25-20(29)14-32-22-27-26-21(19-13-23-8-9-24-19)28(22)16-6-4-3-5-7-16/h3-13H,14H2,1-2H3,(H,25,29). The maximum atomic E-state index is 12.6. The molecule has 0 unspecified atom stereocenters. The van der Waals surface area contributed by atoms with Crippen LogP contribution < -0.4 is 14.8 Å². The van der Waals surface area contributed by atoms with Gasteiger partial charge in [-0.1, -0.05) is 30.0 Å². The minimum atomic E-state index is -0.200. The Labute approximate surface area is 188 Å². The molecule has 0 aliphatic heterocycles. The normalized spacial score (nSPS) is 10.6. The van der Waals surface area contributed by atoms with Gasteiger partial charge in [-0.25, -0.2) is 4.98 Å². The number of nitrogens with zero attached hydrogens (tertiary/aromatic N) is 5. The first-order valence-corrected chi connectivity index (χ1v) is 10.6. The highest BCUT2D eigenvalue weighted by atomic mass is 32.2.